The van der Waals surface area contributed by atoms with E-state index in [-0.39, 0.29) is 16.9 Å². The van der Waals surface area contributed by atoms with Gasteiger partial charge in [0.05, 0.1) is 11.1 Å². The van der Waals surface area contributed by atoms with E-state index >= 15 is 0 Å². The minimum absolute atomic E-state index is 0.0252. The van der Waals surface area contributed by atoms with Crippen molar-refractivity contribution in [2.45, 2.75) is 18.7 Å². The highest BCUT2D eigenvalue weighted by Crippen LogP contribution is 2.29. The molecule has 0 spiro atoms. The Morgan fingerprint density at radius 1 is 0.818 bits per heavy atom. The molecule has 0 saturated carbocycles. The molecule has 8 nitrogen and oxygen atoms in total. The summed E-state index contributed by atoms with van der Waals surface area (Å²) in [6.07, 6.45) is 0. The summed E-state index contributed by atoms with van der Waals surface area (Å²) in [5.74, 6) is -2.61. The molecule has 33 heavy (non-hydrogen) atoms. The summed E-state index contributed by atoms with van der Waals surface area (Å²) in [4.78, 5) is 23.4. The molecule has 0 heterocycles. The molecule has 0 fully saturated rings. The molecule has 0 unspecified atom stereocenters. The van der Waals surface area contributed by atoms with Crippen molar-refractivity contribution in [1.29, 1.82) is 0 Å². The molecule has 174 valence electrons. The van der Waals surface area contributed by atoms with Crippen LogP contribution in [0.25, 0.3) is 0 Å². The second-order valence-electron chi connectivity index (χ2n) is 6.53. The number of rotatable bonds is 7. The molecule has 0 aliphatic heterocycles. The Kier molecular flexibility index (Phi) is 9.59. The summed E-state index contributed by atoms with van der Waals surface area (Å²) >= 11 is 0. The highest BCUT2D eigenvalue weighted by atomic mass is 32.2. The van der Waals surface area contributed by atoms with Gasteiger partial charge in [0.1, 0.15) is 11.5 Å². The van der Waals surface area contributed by atoms with Gasteiger partial charge >= 0.3 is 22.1 Å². The van der Waals surface area contributed by atoms with Gasteiger partial charge in [-0.2, -0.15) is 8.42 Å². The maximum Gasteiger partial charge on any atom is 0.354 e. The molecule has 0 amide bonds. The smallest absolute Gasteiger partial charge is 0.354 e. The van der Waals surface area contributed by atoms with Crippen LogP contribution in [-0.4, -0.2) is 38.6 Å². The highest BCUT2D eigenvalue weighted by molar-refractivity contribution is 7.87. The number of esters is 1. The highest BCUT2D eigenvalue weighted by Gasteiger charge is 2.26. The van der Waals surface area contributed by atoms with Crippen molar-refractivity contribution in [1.82, 2.24) is 5.32 Å². The standard InChI is InChI=1S/C20H14O7S.C4H11N/c21-17-12-11-16(26-19(22)14-7-3-1-4-8-14)13-18(17)28(24,25)27-20(23)15-9-5-2-6-10-15;1-3-5-4-2/h1-13,21H;5H,3-4H2,1-2H3. The Labute approximate surface area is 192 Å². The number of benzene rings is 3. The van der Waals surface area contributed by atoms with E-state index in [0.717, 1.165) is 25.2 Å². The van der Waals surface area contributed by atoms with Gasteiger partial charge in [-0.3, -0.25) is 0 Å². The zero-order valence-corrected chi connectivity index (χ0v) is 19.0. The van der Waals surface area contributed by atoms with Gasteiger partial charge in [-0.15, -0.1) is 0 Å². The van der Waals surface area contributed by atoms with E-state index in [2.05, 4.69) is 23.3 Å². The number of aromatic hydroxyl groups is 1. The SMILES string of the molecule is CCNCC.O=C(Oc1ccc(O)c(S(=O)(=O)OC(=O)c2ccccc2)c1)c1ccccc1. The van der Waals surface area contributed by atoms with Crippen LogP contribution in [0.4, 0.5) is 0 Å². The summed E-state index contributed by atoms with van der Waals surface area (Å²) in [7, 11) is -4.65. The number of carbonyl (C=O) groups is 2. The van der Waals surface area contributed by atoms with E-state index in [0.29, 0.717) is 0 Å². The molecule has 0 bridgehead atoms. The second kappa shape index (κ2) is 12.4. The first kappa shape index (κ1) is 25.6. The molecule has 0 aromatic heterocycles. The predicted molar refractivity (Wildman–Crippen MR) is 123 cm³/mol. The van der Waals surface area contributed by atoms with Crippen molar-refractivity contribution < 1.29 is 32.0 Å². The average molecular weight is 472 g/mol. The summed E-state index contributed by atoms with van der Waals surface area (Å²) in [6, 6.07) is 18.7. The van der Waals surface area contributed by atoms with Gasteiger partial charge in [-0.25, -0.2) is 9.59 Å². The topological polar surface area (TPSA) is 119 Å². The quantitative estimate of drug-likeness (QED) is 0.304. The molecule has 2 N–H and O–H groups in total. The van der Waals surface area contributed by atoms with Gasteiger partial charge in [0.25, 0.3) is 0 Å². The van der Waals surface area contributed by atoms with Gasteiger partial charge in [0.2, 0.25) is 0 Å². The largest absolute Gasteiger partial charge is 0.506 e. The van der Waals surface area contributed by atoms with Crippen LogP contribution in [0.2, 0.25) is 0 Å². The number of phenols is 1. The number of carbonyl (C=O) groups excluding carboxylic acids is 2. The summed E-state index contributed by atoms with van der Waals surface area (Å²) in [5.41, 5.74) is 0.285. The van der Waals surface area contributed by atoms with Gasteiger partial charge in [-0.05, 0) is 49.5 Å². The number of ether oxygens (including phenoxy) is 1. The van der Waals surface area contributed by atoms with Crippen molar-refractivity contribution in [3.8, 4) is 11.5 Å². The summed E-state index contributed by atoms with van der Waals surface area (Å²) in [5, 5.41) is 13.0. The predicted octanol–water partition coefficient (Wildman–Crippen LogP) is 3.77. The maximum absolute atomic E-state index is 12.4. The van der Waals surface area contributed by atoms with Crippen LogP contribution in [0.1, 0.15) is 34.6 Å². The van der Waals surface area contributed by atoms with Crippen LogP contribution in [-0.2, 0) is 14.3 Å². The lowest BCUT2D eigenvalue weighted by Crippen LogP contribution is -2.14. The van der Waals surface area contributed by atoms with Crippen molar-refractivity contribution in [2.75, 3.05) is 13.1 Å². The molecule has 3 aromatic carbocycles. The van der Waals surface area contributed by atoms with Crippen LogP contribution in [0.3, 0.4) is 0 Å². The molecule has 9 heteroatoms. The minimum Gasteiger partial charge on any atom is -0.506 e. The fourth-order valence-electron chi connectivity index (χ4n) is 2.52. The fourth-order valence-corrected chi connectivity index (χ4v) is 3.49. The number of nitrogens with one attached hydrogen (secondary N) is 1. The molecule has 0 aliphatic rings. The molecule has 0 radical (unpaired) electrons. The van der Waals surface area contributed by atoms with Gasteiger partial charge in [0.15, 0.2) is 4.90 Å². The lowest BCUT2D eigenvalue weighted by molar-refractivity contribution is 0.0725. The third-order valence-electron chi connectivity index (χ3n) is 4.12. The van der Waals surface area contributed by atoms with E-state index in [1.165, 1.54) is 30.3 Å². The van der Waals surface area contributed by atoms with Crippen LogP contribution in [0.15, 0.2) is 83.8 Å². The monoisotopic (exact) mass is 471 g/mol. The number of phenolic OH excluding ortho intramolecular Hbond substituents is 1. The van der Waals surface area contributed by atoms with Crippen molar-refractivity contribution in [2.24, 2.45) is 0 Å². The average Bonchev–Trinajstić information content (AvgIpc) is 2.82. The fraction of sp³-hybridized carbons (Fsp3) is 0.167. The van der Waals surface area contributed by atoms with E-state index in [9.17, 15) is 23.1 Å². The van der Waals surface area contributed by atoms with E-state index in [4.69, 9.17) is 4.74 Å². The number of hydrogen-bond acceptors (Lipinski definition) is 8. The van der Waals surface area contributed by atoms with Crippen molar-refractivity contribution in [3.63, 3.8) is 0 Å². The molecule has 0 aliphatic carbocycles. The first-order chi connectivity index (χ1) is 15.8. The zero-order valence-electron chi connectivity index (χ0n) is 18.2. The first-order valence-corrected chi connectivity index (χ1v) is 11.5. The van der Waals surface area contributed by atoms with Crippen LogP contribution in [0.5, 0.6) is 11.5 Å². The summed E-state index contributed by atoms with van der Waals surface area (Å²) in [6.45, 7) is 6.39. The van der Waals surface area contributed by atoms with E-state index in [1.54, 1.807) is 36.4 Å². The third kappa shape index (κ3) is 7.74. The van der Waals surface area contributed by atoms with Gasteiger partial charge in [-0.1, -0.05) is 50.2 Å². The number of hydrogen-bond donors (Lipinski definition) is 2. The lowest BCUT2D eigenvalue weighted by Gasteiger charge is -2.10. The second-order valence-corrected chi connectivity index (χ2v) is 8.05. The summed E-state index contributed by atoms with van der Waals surface area (Å²) < 4.78 is 34.5. The molecule has 3 aromatic rings. The van der Waals surface area contributed by atoms with Gasteiger partial charge in [0, 0.05) is 6.07 Å². The molecule has 3 rings (SSSR count). The molecular formula is C24H25NO7S. The molecule has 0 atom stereocenters. The first-order valence-electron chi connectivity index (χ1n) is 10.1. The van der Waals surface area contributed by atoms with Crippen LogP contribution in [0, 0.1) is 0 Å². The van der Waals surface area contributed by atoms with Crippen molar-refractivity contribution >= 4 is 22.1 Å². The molecular weight excluding hydrogens is 446 g/mol. The van der Waals surface area contributed by atoms with E-state index < -0.39 is 32.7 Å². The maximum atomic E-state index is 12.4. The van der Waals surface area contributed by atoms with Gasteiger partial charge < -0.3 is 19.3 Å². The Bertz CT molecular complexity index is 1160. The zero-order chi connectivity index (χ0) is 24.3. The third-order valence-corrected chi connectivity index (χ3v) is 5.35. The van der Waals surface area contributed by atoms with Crippen LogP contribution < -0.4 is 10.1 Å². The Morgan fingerprint density at radius 2 is 1.33 bits per heavy atom. The van der Waals surface area contributed by atoms with Crippen molar-refractivity contribution in [3.05, 3.63) is 90.0 Å². The van der Waals surface area contributed by atoms with E-state index in [1.807, 2.05) is 0 Å². The Hall–Kier alpha value is -3.69. The minimum atomic E-state index is -4.65. The lowest BCUT2D eigenvalue weighted by atomic mass is 10.2. The molecule has 0 saturated heterocycles. The van der Waals surface area contributed by atoms with Crippen LogP contribution >= 0.6 is 0 Å². The Morgan fingerprint density at radius 3 is 1.82 bits per heavy atom. The normalized spacial score (nSPS) is 10.5. The Balaban J connectivity index is 0.000000696.